The van der Waals surface area contributed by atoms with Gasteiger partial charge in [0.05, 0.1) is 24.9 Å². The fourth-order valence-corrected chi connectivity index (χ4v) is 10.3. The molecule has 2 N–H and O–H groups in total. The van der Waals surface area contributed by atoms with E-state index in [-0.39, 0.29) is 43.7 Å². The molecule has 3 aromatic rings. The lowest BCUT2D eigenvalue weighted by atomic mass is 9.89. The second kappa shape index (κ2) is 17.4. The zero-order valence-electron chi connectivity index (χ0n) is 33.8. The Morgan fingerprint density at radius 1 is 1.03 bits per heavy atom. The predicted molar refractivity (Wildman–Crippen MR) is 223 cm³/mol. The van der Waals surface area contributed by atoms with Crippen LogP contribution in [0.15, 0.2) is 67.3 Å². The van der Waals surface area contributed by atoms with Crippen LogP contribution in [0.5, 0.6) is 11.5 Å². The van der Waals surface area contributed by atoms with Gasteiger partial charge in [-0.25, -0.2) is 13.5 Å². The summed E-state index contributed by atoms with van der Waals surface area (Å²) >= 11 is -2.57. The van der Waals surface area contributed by atoms with Crippen molar-refractivity contribution in [1.29, 1.82) is 0 Å². The zero-order valence-corrected chi connectivity index (χ0v) is 34.6. The average molecular weight is 826 g/mol. The quantitative estimate of drug-likeness (QED) is 0.138. The van der Waals surface area contributed by atoms with Crippen LogP contribution in [0.4, 0.5) is 0 Å². The Hall–Kier alpha value is -4.82. The Morgan fingerprint density at radius 2 is 1.78 bits per heavy atom. The first-order valence-electron chi connectivity index (χ1n) is 21.3. The third-order valence-electron chi connectivity index (χ3n) is 13.0. The number of hydrogen-bond acceptors (Lipinski definition) is 8. The van der Waals surface area contributed by atoms with Crippen molar-refractivity contribution in [3.8, 4) is 22.8 Å². The number of methoxy groups -OCH3 is 1. The number of rotatable bonds is 15. The monoisotopic (exact) mass is 825 g/mol. The number of carbonyl (C=O) groups is 4. The van der Waals surface area contributed by atoms with Crippen molar-refractivity contribution >= 4 is 45.8 Å². The zero-order chi connectivity index (χ0) is 41.3. The van der Waals surface area contributed by atoms with E-state index < -0.39 is 52.6 Å². The van der Waals surface area contributed by atoms with Crippen LogP contribution in [0.1, 0.15) is 83.5 Å². The SMILES string of the molecule is C=C[C@H]1C[C@]1(NC(=O)[C@@H]1C[C@@H](Oc2cc(-c3ccccc3)nc3cc(OC)ccc23)CN1C(=O)[C@@H](CC(=O)N1CCCCC1)CC1CCCC1)C(=O)N(C1CC1)S(=O)O. The fourth-order valence-electron chi connectivity index (χ4n) is 9.54. The molecule has 2 aromatic carbocycles. The van der Waals surface area contributed by atoms with E-state index in [9.17, 15) is 23.1 Å². The number of aromatic nitrogens is 1. The highest BCUT2D eigenvalue weighted by Crippen LogP contribution is 2.48. The molecule has 5 aliphatic rings. The third-order valence-corrected chi connectivity index (χ3v) is 13.8. The van der Waals surface area contributed by atoms with Crippen LogP contribution in [0.3, 0.4) is 0 Å². The predicted octanol–water partition coefficient (Wildman–Crippen LogP) is 6.05. The van der Waals surface area contributed by atoms with Crippen LogP contribution in [0, 0.1) is 17.8 Å². The van der Waals surface area contributed by atoms with Crippen molar-refractivity contribution in [2.45, 2.75) is 107 Å². The molecule has 3 heterocycles. The van der Waals surface area contributed by atoms with Crippen molar-refractivity contribution < 1.29 is 37.4 Å². The number of fused-ring (bicyclic) bond motifs is 1. The minimum atomic E-state index is -2.57. The Kier molecular flexibility index (Phi) is 12.1. The molecule has 314 valence electrons. The lowest BCUT2D eigenvalue weighted by Crippen LogP contribution is -2.57. The number of benzene rings is 2. The van der Waals surface area contributed by atoms with Gasteiger partial charge in [0.1, 0.15) is 29.2 Å². The van der Waals surface area contributed by atoms with Crippen LogP contribution >= 0.6 is 0 Å². The molecule has 14 heteroatoms. The Labute approximate surface area is 348 Å². The summed E-state index contributed by atoms with van der Waals surface area (Å²) in [5.74, 6) is -1.07. The normalized spacial score (nSPS) is 25.3. The highest BCUT2D eigenvalue weighted by molar-refractivity contribution is 7.77. The molecule has 1 aromatic heterocycles. The summed E-state index contributed by atoms with van der Waals surface area (Å²) in [4.78, 5) is 66.0. The molecule has 3 saturated carbocycles. The fraction of sp³-hybridized carbons (Fsp3) is 0.533. The molecule has 13 nitrogen and oxygen atoms in total. The van der Waals surface area contributed by atoms with Gasteiger partial charge in [-0.15, -0.1) is 6.58 Å². The van der Waals surface area contributed by atoms with Crippen molar-refractivity contribution in [2.24, 2.45) is 17.8 Å². The minimum absolute atomic E-state index is 0.0327. The number of likely N-dealkylation sites (tertiary alicyclic amines) is 2. The van der Waals surface area contributed by atoms with E-state index in [0.29, 0.717) is 61.0 Å². The van der Waals surface area contributed by atoms with E-state index in [4.69, 9.17) is 14.5 Å². The van der Waals surface area contributed by atoms with Crippen LogP contribution in [-0.4, -0.2) is 102 Å². The summed E-state index contributed by atoms with van der Waals surface area (Å²) < 4.78 is 35.9. The summed E-state index contributed by atoms with van der Waals surface area (Å²) in [5, 5.41) is 3.71. The number of hydrogen-bond donors (Lipinski definition) is 2. The number of piperidine rings is 1. The summed E-state index contributed by atoms with van der Waals surface area (Å²) in [6.07, 6.45) is 10.3. The molecular weight excluding hydrogens is 771 g/mol. The molecule has 3 aliphatic carbocycles. The van der Waals surface area contributed by atoms with Gasteiger partial charge in [-0.1, -0.05) is 62.1 Å². The van der Waals surface area contributed by atoms with Gasteiger partial charge in [-0.3, -0.25) is 23.7 Å². The van der Waals surface area contributed by atoms with E-state index in [0.717, 1.165) is 60.2 Å². The number of carbonyl (C=O) groups excluding carboxylic acids is 4. The third kappa shape index (κ3) is 8.75. The van der Waals surface area contributed by atoms with Gasteiger partial charge in [-0.2, -0.15) is 0 Å². The lowest BCUT2D eigenvalue weighted by Gasteiger charge is -2.32. The summed E-state index contributed by atoms with van der Waals surface area (Å²) in [7, 11) is 1.60. The molecule has 6 atom stereocenters. The number of amides is 4. The molecule has 0 radical (unpaired) electrons. The van der Waals surface area contributed by atoms with E-state index in [2.05, 4.69) is 11.9 Å². The molecule has 4 amide bonds. The van der Waals surface area contributed by atoms with E-state index >= 15 is 4.79 Å². The lowest BCUT2D eigenvalue weighted by molar-refractivity contribution is -0.146. The van der Waals surface area contributed by atoms with Gasteiger partial charge in [0, 0.05) is 66.9 Å². The molecule has 0 bridgehead atoms. The number of nitrogens with zero attached hydrogens (tertiary/aromatic N) is 4. The van der Waals surface area contributed by atoms with Gasteiger partial charge in [0.2, 0.25) is 17.7 Å². The number of pyridine rings is 1. The molecule has 59 heavy (non-hydrogen) atoms. The number of ether oxygens (including phenoxy) is 2. The van der Waals surface area contributed by atoms with Crippen molar-refractivity contribution in [3.05, 3.63) is 67.3 Å². The number of nitrogens with one attached hydrogen (secondary N) is 1. The largest absolute Gasteiger partial charge is 0.497 e. The maximum atomic E-state index is 15.0. The van der Waals surface area contributed by atoms with Gasteiger partial charge in [0.15, 0.2) is 0 Å². The highest BCUT2D eigenvalue weighted by Gasteiger charge is 2.64. The van der Waals surface area contributed by atoms with Crippen LogP contribution in [-0.2, 0) is 30.4 Å². The van der Waals surface area contributed by atoms with Gasteiger partial charge in [0.25, 0.3) is 17.2 Å². The standard InChI is InChI=1S/C45H55N5O8S/c1-3-32-27-45(32,44(54)50(59(55)56)33-16-17-33)47-42(52)39-25-35(58-40-26-37(30-14-6-4-7-15-30)46-38-24-34(57-2)18-19-36(38)40)28-49(39)43(53)31(22-29-12-8-9-13-29)23-41(51)48-20-10-5-11-21-48/h3-4,6-7,14-15,18-19,24,26,29,31-33,35,39H,1,5,8-13,16-17,20-23,25,27-28H2,2H3,(H,47,52)(H,55,56)/t31-,32+,35-,39+,45-/m1/s1. The maximum Gasteiger partial charge on any atom is 0.264 e. The topological polar surface area (TPSA) is 159 Å². The summed E-state index contributed by atoms with van der Waals surface area (Å²) in [6.45, 7) is 5.33. The second-order valence-electron chi connectivity index (χ2n) is 17.1. The molecular formula is C45H55N5O8S. The van der Waals surface area contributed by atoms with Crippen LogP contribution in [0.2, 0.25) is 0 Å². The van der Waals surface area contributed by atoms with E-state index in [1.54, 1.807) is 18.1 Å². The summed E-state index contributed by atoms with van der Waals surface area (Å²) in [6, 6.07) is 15.8. The van der Waals surface area contributed by atoms with Gasteiger partial charge < -0.3 is 24.6 Å². The molecule has 8 rings (SSSR count). The van der Waals surface area contributed by atoms with Crippen molar-refractivity contribution in [2.75, 3.05) is 26.7 Å². The minimum Gasteiger partial charge on any atom is -0.497 e. The first kappa shape index (κ1) is 40.9. The van der Waals surface area contributed by atoms with Crippen molar-refractivity contribution in [1.82, 2.24) is 24.4 Å². The molecule has 2 saturated heterocycles. The highest BCUT2D eigenvalue weighted by atomic mass is 32.2. The first-order valence-corrected chi connectivity index (χ1v) is 22.3. The van der Waals surface area contributed by atoms with Crippen LogP contribution in [0.25, 0.3) is 22.2 Å². The first-order chi connectivity index (χ1) is 28.6. The molecule has 5 fully saturated rings. The van der Waals surface area contributed by atoms with Crippen molar-refractivity contribution in [3.63, 3.8) is 0 Å². The van der Waals surface area contributed by atoms with Gasteiger partial charge in [-0.05, 0) is 63.0 Å². The Balaban J connectivity index is 1.12. The Morgan fingerprint density at radius 3 is 2.44 bits per heavy atom. The summed E-state index contributed by atoms with van der Waals surface area (Å²) in [5.41, 5.74) is 0.766. The maximum absolute atomic E-state index is 15.0. The average Bonchev–Trinajstić information content (AvgIpc) is 4.11. The Bertz CT molecular complexity index is 2100. The second-order valence-corrected chi connectivity index (χ2v) is 17.9. The molecule has 2 aliphatic heterocycles. The molecule has 0 spiro atoms. The van der Waals surface area contributed by atoms with E-state index in [1.165, 1.54) is 0 Å². The molecule has 1 unspecified atom stereocenters. The smallest absolute Gasteiger partial charge is 0.264 e. The van der Waals surface area contributed by atoms with Crippen LogP contribution < -0.4 is 14.8 Å². The van der Waals surface area contributed by atoms with E-state index in [1.807, 2.05) is 59.5 Å². The van der Waals surface area contributed by atoms with Gasteiger partial charge >= 0.3 is 0 Å².